The molecule has 0 radical (unpaired) electrons. The second kappa shape index (κ2) is 9.65. The quantitative estimate of drug-likeness (QED) is 0.552. The average Bonchev–Trinajstić information content (AvgIpc) is 2.26. The summed E-state index contributed by atoms with van der Waals surface area (Å²) in [5.74, 6) is -0.156. The Balaban J connectivity index is 4.02. The molecule has 0 saturated carbocycles. The summed E-state index contributed by atoms with van der Waals surface area (Å²) in [4.78, 5) is 11.3. The van der Waals surface area contributed by atoms with E-state index in [0.717, 1.165) is 25.7 Å². The van der Waals surface area contributed by atoms with Crippen LogP contribution in [-0.2, 0) is 14.1 Å². The van der Waals surface area contributed by atoms with Crippen LogP contribution in [0.15, 0.2) is 0 Å². The first-order chi connectivity index (χ1) is 7.65. The fraction of sp³-hybridized carbons (Fsp3) is 0.818. The minimum absolute atomic E-state index is 0.364. The maximum absolute atomic E-state index is 11.3. The summed E-state index contributed by atoms with van der Waals surface area (Å²) >= 11 is 0. The van der Waals surface area contributed by atoms with Crippen LogP contribution in [0.2, 0.25) is 0 Å². The molecular formula is C11H20NO3P. The number of carbonyl (C=O) groups excluding carboxylic acids is 1. The van der Waals surface area contributed by atoms with Gasteiger partial charge in [-0.2, -0.15) is 0 Å². The van der Waals surface area contributed by atoms with E-state index in [1.807, 2.05) is 0 Å². The number of ether oxygens (including phenoxy) is 1. The van der Waals surface area contributed by atoms with Crippen LogP contribution in [-0.4, -0.2) is 18.6 Å². The van der Waals surface area contributed by atoms with Gasteiger partial charge in [-0.05, 0) is 0 Å². The molecule has 4 nitrogen and oxygen atoms in total. The van der Waals surface area contributed by atoms with Crippen molar-refractivity contribution in [3.63, 3.8) is 0 Å². The number of carbonyl (C=O) groups is 1. The number of hydrogen-bond acceptors (Lipinski definition) is 4. The Bertz CT molecular complexity index is 293. The van der Waals surface area contributed by atoms with E-state index in [4.69, 9.17) is 10.5 Å². The van der Waals surface area contributed by atoms with Crippen molar-refractivity contribution in [1.29, 1.82) is 0 Å². The molecule has 0 unspecified atom stereocenters. The predicted molar refractivity (Wildman–Crippen MR) is 63.7 cm³/mol. The van der Waals surface area contributed by atoms with Crippen molar-refractivity contribution in [2.24, 2.45) is 11.7 Å². The van der Waals surface area contributed by atoms with E-state index in [1.165, 1.54) is 0 Å². The van der Waals surface area contributed by atoms with Crippen LogP contribution in [0.5, 0.6) is 0 Å². The summed E-state index contributed by atoms with van der Waals surface area (Å²) in [6.07, 6.45) is 4.24. The van der Waals surface area contributed by atoms with Crippen LogP contribution in [0, 0.1) is 11.5 Å². The van der Waals surface area contributed by atoms with Gasteiger partial charge in [0.1, 0.15) is 0 Å². The Morgan fingerprint density at radius 1 is 1.38 bits per heavy atom. The molecule has 0 spiro atoms. The molecule has 0 aliphatic carbocycles. The van der Waals surface area contributed by atoms with Crippen LogP contribution in [0.1, 0.15) is 39.5 Å². The van der Waals surface area contributed by atoms with E-state index in [0.29, 0.717) is 12.5 Å². The van der Waals surface area contributed by atoms with Crippen molar-refractivity contribution >= 4 is 13.9 Å². The van der Waals surface area contributed by atoms with Crippen molar-refractivity contribution in [2.75, 3.05) is 6.61 Å². The summed E-state index contributed by atoms with van der Waals surface area (Å²) in [7, 11) is -0.364. The molecule has 0 aliphatic heterocycles. The van der Waals surface area contributed by atoms with Gasteiger partial charge < -0.3 is 0 Å². The molecule has 0 aromatic rings. The van der Waals surface area contributed by atoms with Gasteiger partial charge in [0.2, 0.25) is 0 Å². The number of esters is 1. The molecule has 1 atom stereocenters. The Morgan fingerprint density at radius 3 is 2.38 bits per heavy atom. The van der Waals surface area contributed by atoms with Gasteiger partial charge in [-0.15, -0.1) is 0 Å². The van der Waals surface area contributed by atoms with Gasteiger partial charge in [0.15, 0.2) is 0 Å². The molecule has 0 aromatic carbocycles. The van der Waals surface area contributed by atoms with E-state index in [-0.39, 0.29) is 7.92 Å². The molecule has 2 N–H and O–H groups in total. The van der Waals surface area contributed by atoms with Gasteiger partial charge in [0, 0.05) is 0 Å². The second-order valence-corrected chi connectivity index (χ2v) is 4.21. The van der Waals surface area contributed by atoms with E-state index < -0.39 is 12.0 Å². The topological polar surface area (TPSA) is 69.4 Å². The molecule has 92 valence electrons. The zero-order valence-corrected chi connectivity index (χ0v) is 10.8. The van der Waals surface area contributed by atoms with Crippen LogP contribution in [0.4, 0.5) is 0 Å². The molecule has 0 aromatic heterocycles. The fourth-order valence-electron chi connectivity index (χ4n) is 1.53. The first kappa shape index (κ1) is 15.4. The SMILES string of the molecule is CCCC(CCC)COC(=O)[C@@H](N)C#P=O. The number of rotatable bonds is 7. The van der Waals surface area contributed by atoms with Crippen LogP contribution < -0.4 is 5.73 Å². The van der Waals surface area contributed by atoms with Crippen molar-refractivity contribution < 1.29 is 14.1 Å². The third-order valence-electron chi connectivity index (χ3n) is 2.30. The summed E-state index contributed by atoms with van der Waals surface area (Å²) in [6.45, 7) is 4.60. The zero-order valence-electron chi connectivity index (χ0n) is 9.94. The molecule has 5 heteroatoms. The van der Waals surface area contributed by atoms with Gasteiger partial charge in [-0.1, -0.05) is 0 Å². The van der Waals surface area contributed by atoms with Gasteiger partial charge in [0.25, 0.3) is 0 Å². The summed E-state index contributed by atoms with van der Waals surface area (Å²) < 4.78 is 15.2. The Kier molecular flexibility index (Phi) is 9.31. The molecular weight excluding hydrogens is 225 g/mol. The van der Waals surface area contributed by atoms with Crippen LogP contribution in [0.25, 0.3) is 0 Å². The third kappa shape index (κ3) is 6.84. The minimum atomic E-state index is -1.01. The van der Waals surface area contributed by atoms with Gasteiger partial charge in [-0.3, -0.25) is 0 Å². The first-order valence-corrected chi connectivity index (χ1v) is 6.47. The predicted octanol–water partition coefficient (Wildman–Crippen LogP) is 2.32. The monoisotopic (exact) mass is 245 g/mol. The molecule has 0 aliphatic rings. The van der Waals surface area contributed by atoms with E-state index in [9.17, 15) is 9.36 Å². The van der Waals surface area contributed by atoms with E-state index in [2.05, 4.69) is 19.5 Å². The summed E-state index contributed by atoms with van der Waals surface area (Å²) in [6, 6.07) is -1.01. The molecule has 0 amide bonds. The zero-order chi connectivity index (χ0) is 12.4. The van der Waals surface area contributed by atoms with Gasteiger partial charge in [-0.25, -0.2) is 0 Å². The van der Waals surface area contributed by atoms with Crippen LogP contribution in [0.3, 0.4) is 0 Å². The molecule has 16 heavy (non-hydrogen) atoms. The first-order valence-electron chi connectivity index (χ1n) is 5.65. The maximum atomic E-state index is 11.3. The second-order valence-electron chi connectivity index (χ2n) is 3.77. The Hall–Kier alpha value is -0.560. The van der Waals surface area contributed by atoms with Crippen molar-refractivity contribution in [2.45, 2.75) is 45.6 Å². The number of nitrogens with two attached hydrogens (primary N) is 1. The molecule has 0 saturated heterocycles. The fourth-order valence-corrected chi connectivity index (χ4v) is 1.75. The normalized spacial score (nSPS) is 12.0. The third-order valence-corrected chi connectivity index (χ3v) is 2.68. The van der Waals surface area contributed by atoms with E-state index in [1.54, 1.807) is 0 Å². The van der Waals surface area contributed by atoms with E-state index >= 15 is 0 Å². The Labute approximate surface area is 98.0 Å². The average molecular weight is 245 g/mol. The Morgan fingerprint density at radius 2 is 1.94 bits per heavy atom. The van der Waals surface area contributed by atoms with Crippen LogP contribution >= 0.6 is 7.92 Å². The van der Waals surface area contributed by atoms with Crippen molar-refractivity contribution in [1.82, 2.24) is 0 Å². The van der Waals surface area contributed by atoms with Gasteiger partial charge >= 0.3 is 97.4 Å². The molecule has 0 heterocycles. The number of hydrogen-bond donors (Lipinski definition) is 1. The molecule has 0 rings (SSSR count). The molecule has 0 fully saturated rings. The van der Waals surface area contributed by atoms with Gasteiger partial charge in [0.05, 0.1) is 0 Å². The van der Waals surface area contributed by atoms with Crippen molar-refractivity contribution in [3.8, 4) is 5.63 Å². The standard InChI is InChI=1S/C11H20NO3P/c1-3-5-9(6-4-2)7-15-11(13)10(12)8-16-14/h9-10H,3-7,12H2,1-2H3/t10-/m0/s1. The summed E-state index contributed by atoms with van der Waals surface area (Å²) in [5, 5.41) is 0. The summed E-state index contributed by atoms with van der Waals surface area (Å²) in [5.41, 5.74) is 7.62. The van der Waals surface area contributed by atoms with Crippen molar-refractivity contribution in [3.05, 3.63) is 0 Å². The molecule has 0 bridgehead atoms.